The highest BCUT2D eigenvalue weighted by atomic mass is 32.2. The number of benzene rings is 1. The first-order chi connectivity index (χ1) is 15.1. The molecule has 2 aliphatic rings. The van der Waals surface area contributed by atoms with Gasteiger partial charge < -0.3 is 18.9 Å². The summed E-state index contributed by atoms with van der Waals surface area (Å²) in [6.45, 7) is 5.90. The van der Waals surface area contributed by atoms with E-state index in [-0.39, 0.29) is 18.9 Å². The lowest BCUT2D eigenvalue weighted by Crippen LogP contribution is -2.66. The maximum absolute atomic E-state index is 12.8. The fourth-order valence-electron chi connectivity index (χ4n) is 3.07. The van der Waals surface area contributed by atoms with Crippen LogP contribution < -0.4 is 4.74 Å². The van der Waals surface area contributed by atoms with Gasteiger partial charge in [-0.2, -0.15) is 0 Å². The summed E-state index contributed by atoms with van der Waals surface area (Å²) in [5.74, 6) is -1.63. The topological polar surface area (TPSA) is 108 Å². The lowest BCUT2D eigenvalue weighted by atomic mass is 10.0. The summed E-state index contributed by atoms with van der Waals surface area (Å²) in [5.41, 5.74) is -0.297. The minimum atomic E-state index is -1.04. The molecule has 2 atom stereocenters. The van der Waals surface area contributed by atoms with E-state index >= 15 is 0 Å². The van der Waals surface area contributed by atoms with Crippen LogP contribution in [-0.2, 0) is 33.4 Å². The van der Waals surface area contributed by atoms with Crippen LogP contribution in [0.2, 0.25) is 0 Å². The van der Waals surface area contributed by atoms with Crippen LogP contribution >= 0.6 is 11.8 Å². The SMILES string of the molecule is CC(=O)OCC1=C(C(=O)OC(C)(C)C)N2C(=O)[C@@H](OC(=O)COc3ccccc3)[C@H]2SC1. The number of carbonyl (C=O) groups is 4. The van der Waals surface area contributed by atoms with Crippen molar-refractivity contribution < 1.29 is 38.1 Å². The molecule has 1 amide bonds. The molecule has 1 fully saturated rings. The Kier molecular flexibility index (Phi) is 7.12. The van der Waals surface area contributed by atoms with E-state index in [1.807, 2.05) is 6.07 Å². The van der Waals surface area contributed by atoms with E-state index in [9.17, 15) is 19.2 Å². The van der Waals surface area contributed by atoms with Crippen molar-refractivity contribution in [2.45, 2.75) is 44.8 Å². The van der Waals surface area contributed by atoms with Crippen molar-refractivity contribution >= 4 is 35.6 Å². The van der Waals surface area contributed by atoms with Crippen LogP contribution in [-0.4, -0.2) is 64.8 Å². The third kappa shape index (κ3) is 5.61. The molecular weight excluding hydrogens is 438 g/mol. The number of thioether (sulfide) groups is 1. The molecular formula is C22H25NO8S. The predicted molar refractivity (Wildman–Crippen MR) is 114 cm³/mol. The zero-order valence-corrected chi connectivity index (χ0v) is 19.1. The molecule has 3 rings (SSSR count). The third-order valence-electron chi connectivity index (χ3n) is 4.40. The van der Waals surface area contributed by atoms with Crippen molar-refractivity contribution in [3.63, 3.8) is 0 Å². The predicted octanol–water partition coefficient (Wildman–Crippen LogP) is 2.05. The number of para-hydroxylation sites is 1. The molecule has 172 valence electrons. The number of hydrogen-bond acceptors (Lipinski definition) is 9. The van der Waals surface area contributed by atoms with Crippen LogP contribution in [0.5, 0.6) is 5.75 Å². The summed E-state index contributed by atoms with van der Waals surface area (Å²) >= 11 is 1.31. The highest BCUT2D eigenvalue weighted by molar-refractivity contribution is 8.00. The normalized spacial score (nSPS) is 20.1. The molecule has 32 heavy (non-hydrogen) atoms. The van der Waals surface area contributed by atoms with E-state index in [1.54, 1.807) is 45.0 Å². The Bertz CT molecular complexity index is 937. The van der Waals surface area contributed by atoms with Gasteiger partial charge >= 0.3 is 17.9 Å². The second kappa shape index (κ2) is 9.64. The summed E-state index contributed by atoms with van der Waals surface area (Å²) in [7, 11) is 0. The standard InChI is InChI=1S/C22H25NO8S/c1-13(24)28-10-14-12-32-20-18(30-16(25)11-29-15-8-6-5-7-9-15)19(26)23(20)17(14)21(27)31-22(2,3)4/h5-9,18,20H,10-12H2,1-4H3/t18-,20-/m1/s1. The lowest BCUT2D eigenvalue weighted by Gasteiger charge is -2.48. The van der Waals surface area contributed by atoms with Crippen molar-refractivity contribution in [3.05, 3.63) is 41.6 Å². The Labute approximate surface area is 190 Å². The largest absolute Gasteiger partial charge is 0.482 e. The third-order valence-corrected chi connectivity index (χ3v) is 5.71. The van der Waals surface area contributed by atoms with Crippen molar-refractivity contribution in [3.8, 4) is 5.75 Å². The number of esters is 3. The summed E-state index contributed by atoms with van der Waals surface area (Å²) < 4.78 is 21.2. The van der Waals surface area contributed by atoms with Gasteiger partial charge in [0.05, 0.1) is 0 Å². The first-order valence-corrected chi connectivity index (χ1v) is 11.0. The number of carbonyl (C=O) groups excluding carboxylic acids is 4. The molecule has 1 aromatic rings. The van der Waals surface area contributed by atoms with Gasteiger partial charge in [0.2, 0.25) is 6.10 Å². The fourth-order valence-corrected chi connectivity index (χ4v) is 4.37. The van der Waals surface area contributed by atoms with Crippen LogP contribution in [0.15, 0.2) is 41.6 Å². The van der Waals surface area contributed by atoms with Gasteiger partial charge in [-0.05, 0) is 32.9 Å². The van der Waals surface area contributed by atoms with E-state index in [4.69, 9.17) is 18.9 Å². The molecule has 9 nitrogen and oxygen atoms in total. The quantitative estimate of drug-likeness (QED) is 0.341. The van der Waals surface area contributed by atoms with Gasteiger partial charge in [0.25, 0.3) is 5.91 Å². The number of nitrogens with zero attached hydrogens (tertiary/aromatic N) is 1. The van der Waals surface area contributed by atoms with Crippen LogP contribution in [0.4, 0.5) is 0 Å². The highest BCUT2D eigenvalue weighted by Gasteiger charge is 2.56. The number of ether oxygens (including phenoxy) is 4. The summed E-state index contributed by atoms with van der Waals surface area (Å²) in [6, 6.07) is 8.75. The molecule has 10 heteroatoms. The van der Waals surface area contributed by atoms with E-state index in [2.05, 4.69) is 0 Å². The van der Waals surface area contributed by atoms with Gasteiger partial charge in [0.1, 0.15) is 29.0 Å². The Morgan fingerprint density at radius 2 is 1.84 bits per heavy atom. The molecule has 2 heterocycles. The number of fused-ring (bicyclic) bond motifs is 1. The fraction of sp³-hybridized carbons (Fsp3) is 0.455. The molecule has 1 aromatic carbocycles. The van der Waals surface area contributed by atoms with Crippen molar-refractivity contribution in [1.29, 1.82) is 0 Å². The molecule has 0 bridgehead atoms. The number of amides is 1. The monoisotopic (exact) mass is 463 g/mol. The van der Waals surface area contributed by atoms with E-state index in [0.717, 1.165) is 0 Å². The van der Waals surface area contributed by atoms with Gasteiger partial charge in [-0.1, -0.05) is 18.2 Å². The molecule has 0 aliphatic carbocycles. The summed E-state index contributed by atoms with van der Waals surface area (Å²) in [5, 5.41) is -0.577. The summed E-state index contributed by atoms with van der Waals surface area (Å²) in [6.07, 6.45) is -1.04. The molecule has 0 radical (unpaired) electrons. The Hall–Kier alpha value is -3.01. The average Bonchev–Trinajstić information content (AvgIpc) is 2.73. The first kappa shape index (κ1) is 23.6. The van der Waals surface area contributed by atoms with E-state index < -0.39 is 40.9 Å². The van der Waals surface area contributed by atoms with Crippen molar-refractivity contribution in [1.82, 2.24) is 4.90 Å². The smallest absolute Gasteiger partial charge is 0.355 e. The maximum atomic E-state index is 12.8. The van der Waals surface area contributed by atoms with Gasteiger partial charge in [0.15, 0.2) is 6.61 Å². The Morgan fingerprint density at radius 1 is 1.16 bits per heavy atom. The van der Waals surface area contributed by atoms with Crippen LogP contribution in [0.1, 0.15) is 27.7 Å². The number of rotatable bonds is 7. The van der Waals surface area contributed by atoms with Crippen molar-refractivity contribution in [2.75, 3.05) is 19.0 Å². The van der Waals surface area contributed by atoms with Crippen LogP contribution in [0.25, 0.3) is 0 Å². The molecule has 0 spiro atoms. The minimum absolute atomic E-state index is 0.0303. The van der Waals surface area contributed by atoms with Gasteiger partial charge in [-0.15, -0.1) is 11.8 Å². The summed E-state index contributed by atoms with van der Waals surface area (Å²) in [4.78, 5) is 50.3. The molecule has 2 aliphatic heterocycles. The van der Waals surface area contributed by atoms with Crippen LogP contribution in [0.3, 0.4) is 0 Å². The maximum Gasteiger partial charge on any atom is 0.355 e. The highest BCUT2D eigenvalue weighted by Crippen LogP contribution is 2.42. The van der Waals surface area contributed by atoms with Gasteiger partial charge in [-0.3, -0.25) is 14.5 Å². The zero-order valence-electron chi connectivity index (χ0n) is 18.3. The number of β-lactam (4-membered cyclic amide) rings is 1. The van der Waals surface area contributed by atoms with E-state index in [1.165, 1.54) is 23.6 Å². The Morgan fingerprint density at radius 3 is 2.47 bits per heavy atom. The molecule has 0 saturated carbocycles. The Balaban J connectivity index is 1.70. The van der Waals surface area contributed by atoms with E-state index in [0.29, 0.717) is 17.1 Å². The lowest BCUT2D eigenvalue weighted by molar-refractivity contribution is -0.177. The first-order valence-electron chi connectivity index (χ1n) is 9.97. The average molecular weight is 464 g/mol. The minimum Gasteiger partial charge on any atom is -0.482 e. The van der Waals surface area contributed by atoms with Gasteiger partial charge in [-0.25, -0.2) is 9.59 Å². The molecule has 1 saturated heterocycles. The second-order valence-electron chi connectivity index (χ2n) is 8.16. The van der Waals surface area contributed by atoms with Crippen molar-refractivity contribution in [2.24, 2.45) is 0 Å². The zero-order chi connectivity index (χ0) is 23.5. The number of hydrogen-bond donors (Lipinski definition) is 0. The second-order valence-corrected chi connectivity index (χ2v) is 9.26. The van der Waals surface area contributed by atoms with Gasteiger partial charge in [0, 0.05) is 18.2 Å². The molecule has 0 aromatic heterocycles. The van der Waals surface area contributed by atoms with Crippen LogP contribution in [0, 0.1) is 0 Å². The molecule has 0 unspecified atom stereocenters. The molecule has 0 N–H and O–H groups in total.